The first-order valence-electron chi connectivity index (χ1n) is 5.97. The Hall–Kier alpha value is -0.970. The van der Waals surface area contributed by atoms with Crippen LogP contribution in [-0.4, -0.2) is 12.7 Å². The van der Waals surface area contributed by atoms with E-state index < -0.39 is 5.97 Å². The summed E-state index contributed by atoms with van der Waals surface area (Å²) in [5.41, 5.74) is 1.40. The van der Waals surface area contributed by atoms with Crippen molar-refractivity contribution in [1.82, 2.24) is 0 Å². The molecule has 0 aliphatic rings. The highest BCUT2D eigenvalue weighted by atomic mass is 127. The van der Waals surface area contributed by atoms with Crippen LogP contribution in [-0.2, 0) is 4.79 Å². The van der Waals surface area contributed by atoms with Gasteiger partial charge in [-0.05, 0) is 27.0 Å². The summed E-state index contributed by atoms with van der Waals surface area (Å²) in [7, 11) is 1.31. The van der Waals surface area contributed by atoms with E-state index in [-0.39, 0.29) is 5.75 Å². The third kappa shape index (κ3) is 5.73. The van der Waals surface area contributed by atoms with Gasteiger partial charge in [-0.1, -0.05) is 44.0 Å². The highest BCUT2D eigenvalue weighted by Gasteiger charge is 2.17. The second-order valence-corrected chi connectivity index (χ2v) is 5.34. The number of carbonyl (C=O) groups excluding carboxylic acids is 1. The van der Waals surface area contributed by atoms with Crippen molar-refractivity contribution in [2.24, 2.45) is 4.99 Å². The third-order valence-electron chi connectivity index (χ3n) is 2.08. The Kier molecular flexibility index (Phi) is 10.2. The summed E-state index contributed by atoms with van der Waals surface area (Å²) in [6.45, 7) is 12.4. The van der Waals surface area contributed by atoms with Gasteiger partial charge in [0.15, 0.2) is 5.75 Å². The molecule has 0 N–H and O–H groups in total. The number of ether oxygens (including phenoxy) is 1. The first kappa shape index (κ1) is 20.0. The lowest BCUT2D eigenvalue weighted by molar-refractivity contribution is -0.131. The van der Waals surface area contributed by atoms with Crippen molar-refractivity contribution in [2.45, 2.75) is 20.8 Å². The first-order valence-corrected chi connectivity index (χ1v) is 9.71. The third-order valence-corrected chi connectivity index (χ3v) is 3.23. The molecule has 112 valence electrons. The van der Waals surface area contributed by atoms with Gasteiger partial charge >= 0.3 is 5.97 Å². The molecule has 0 spiro atoms. The molecule has 0 aliphatic carbocycles. The van der Waals surface area contributed by atoms with Crippen molar-refractivity contribution in [1.29, 1.82) is 0 Å². The van der Waals surface area contributed by atoms with Crippen molar-refractivity contribution in [3.63, 3.8) is 0 Å². The van der Waals surface area contributed by atoms with Gasteiger partial charge in [0, 0.05) is 33.7 Å². The lowest BCUT2D eigenvalue weighted by Gasteiger charge is -2.12. The highest BCUT2D eigenvalue weighted by Crippen LogP contribution is 2.40. The summed E-state index contributed by atoms with van der Waals surface area (Å²) < 4.78 is 5.17. The standard InChI is InChI=1S/C13H9ClINO2S.C2H6/c1-4-10-11(14)7-9(5-6-19-15)13(12(10)16-3)18-8(2)17;1-2/h4,7H,1,3H2,2H3;1-2H3. The van der Waals surface area contributed by atoms with Crippen LogP contribution in [0.15, 0.2) is 17.6 Å². The summed E-state index contributed by atoms with van der Waals surface area (Å²) >= 11 is 8.17. The number of hydrogen-bond donors (Lipinski definition) is 0. The number of esters is 1. The van der Waals surface area contributed by atoms with Crippen LogP contribution in [0.5, 0.6) is 5.75 Å². The predicted molar refractivity (Wildman–Crippen MR) is 102 cm³/mol. The smallest absolute Gasteiger partial charge is 0.308 e. The molecule has 0 aliphatic heterocycles. The Balaban J connectivity index is 0.00000191. The van der Waals surface area contributed by atoms with Gasteiger partial charge in [-0.3, -0.25) is 9.79 Å². The van der Waals surface area contributed by atoms with Gasteiger partial charge in [0.1, 0.15) is 5.69 Å². The second kappa shape index (κ2) is 10.7. The topological polar surface area (TPSA) is 38.7 Å². The van der Waals surface area contributed by atoms with Crippen molar-refractivity contribution in [3.05, 3.63) is 28.8 Å². The van der Waals surface area contributed by atoms with E-state index in [1.165, 1.54) is 21.9 Å². The van der Waals surface area contributed by atoms with Crippen LogP contribution in [0.25, 0.3) is 6.08 Å². The molecule has 0 radical (unpaired) electrons. The van der Waals surface area contributed by atoms with Crippen molar-refractivity contribution in [3.8, 4) is 16.9 Å². The number of halogens is 2. The molecule has 6 heteroatoms. The Morgan fingerprint density at radius 3 is 2.62 bits per heavy atom. The fourth-order valence-corrected chi connectivity index (χ4v) is 2.15. The SMILES string of the molecule is C=Cc1c(Cl)cc(C#CSI)c(OC(C)=O)c1N=C.CC. The molecule has 1 aromatic rings. The van der Waals surface area contributed by atoms with Crippen LogP contribution in [0, 0.1) is 11.2 Å². The largest absolute Gasteiger partial charge is 0.423 e. The Bertz CT molecular complexity index is 606. The molecule has 0 bridgehead atoms. The molecule has 0 atom stereocenters. The number of rotatable bonds is 3. The molecule has 0 saturated carbocycles. The molecule has 0 saturated heterocycles. The second-order valence-electron chi connectivity index (χ2n) is 3.26. The predicted octanol–water partition coefficient (Wildman–Crippen LogP) is 5.66. The average Bonchev–Trinajstić information content (AvgIpc) is 2.48. The zero-order valence-electron chi connectivity index (χ0n) is 12.0. The van der Waals surface area contributed by atoms with Gasteiger partial charge in [0.25, 0.3) is 0 Å². The van der Waals surface area contributed by atoms with Gasteiger partial charge in [0.2, 0.25) is 0 Å². The molecule has 0 aromatic heterocycles. The van der Waals surface area contributed by atoms with Crippen molar-refractivity contribution in [2.75, 3.05) is 0 Å². The molecular formula is C15H15ClINO2S. The number of nitrogens with zero attached hydrogens (tertiary/aromatic N) is 1. The number of carbonyl (C=O) groups is 1. The molecule has 1 rings (SSSR count). The van der Waals surface area contributed by atoms with E-state index in [2.05, 4.69) is 29.5 Å². The van der Waals surface area contributed by atoms with Crippen molar-refractivity contribution >= 4 is 66.2 Å². The number of aliphatic imine (C=N–C) groups is 1. The Labute approximate surface area is 146 Å². The van der Waals surface area contributed by atoms with E-state index in [0.717, 1.165) is 0 Å². The lowest BCUT2D eigenvalue weighted by atomic mass is 10.1. The maximum absolute atomic E-state index is 11.2. The van der Waals surface area contributed by atoms with Crippen LogP contribution < -0.4 is 4.74 Å². The zero-order valence-corrected chi connectivity index (χ0v) is 15.7. The fourth-order valence-electron chi connectivity index (χ4n) is 1.40. The monoisotopic (exact) mass is 435 g/mol. The van der Waals surface area contributed by atoms with Crippen LogP contribution >= 0.6 is 41.7 Å². The maximum Gasteiger partial charge on any atom is 0.308 e. The van der Waals surface area contributed by atoms with E-state index in [1.807, 2.05) is 35.1 Å². The van der Waals surface area contributed by atoms with E-state index >= 15 is 0 Å². The Morgan fingerprint density at radius 2 is 2.19 bits per heavy atom. The molecule has 21 heavy (non-hydrogen) atoms. The minimum atomic E-state index is -0.465. The fraction of sp³-hybridized carbons (Fsp3) is 0.200. The van der Waals surface area contributed by atoms with Gasteiger partial charge < -0.3 is 4.74 Å². The van der Waals surface area contributed by atoms with E-state index in [4.69, 9.17) is 16.3 Å². The summed E-state index contributed by atoms with van der Waals surface area (Å²) in [5.74, 6) is 2.64. The van der Waals surface area contributed by atoms with E-state index in [9.17, 15) is 4.79 Å². The van der Waals surface area contributed by atoms with Gasteiger partial charge in [0.05, 0.1) is 10.6 Å². The number of benzene rings is 1. The molecule has 1 aromatic carbocycles. The van der Waals surface area contributed by atoms with Gasteiger partial charge in [-0.2, -0.15) is 0 Å². The van der Waals surface area contributed by atoms with E-state index in [0.29, 0.717) is 21.8 Å². The quantitative estimate of drug-likeness (QED) is 0.202. The van der Waals surface area contributed by atoms with Crippen LogP contribution in [0.3, 0.4) is 0 Å². The van der Waals surface area contributed by atoms with Gasteiger partial charge in [-0.15, -0.1) is 0 Å². The molecule has 0 fully saturated rings. The molecule has 0 unspecified atom stereocenters. The molecule has 0 amide bonds. The number of hydrogen-bond acceptors (Lipinski definition) is 4. The normalized spacial score (nSPS) is 8.62. The molecule has 0 heterocycles. The average molecular weight is 436 g/mol. The minimum Gasteiger partial charge on any atom is -0.423 e. The molecular weight excluding hydrogens is 421 g/mol. The lowest BCUT2D eigenvalue weighted by Crippen LogP contribution is -2.04. The molecule has 3 nitrogen and oxygen atoms in total. The zero-order chi connectivity index (χ0) is 16.4. The summed E-state index contributed by atoms with van der Waals surface area (Å²) in [4.78, 5) is 15.1. The minimum absolute atomic E-state index is 0.250. The Morgan fingerprint density at radius 1 is 1.57 bits per heavy atom. The summed E-state index contributed by atoms with van der Waals surface area (Å²) in [5, 5.41) is 3.24. The van der Waals surface area contributed by atoms with Crippen LogP contribution in [0.2, 0.25) is 5.02 Å². The van der Waals surface area contributed by atoms with Crippen molar-refractivity contribution < 1.29 is 9.53 Å². The van der Waals surface area contributed by atoms with Crippen LogP contribution in [0.4, 0.5) is 5.69 Å². The summed E-state index contributed by atoms with van der Waals surface area (Å²) in [6.07, 6.45) is 1.53. The highest BCUT2D eigenvalue weighted by molar-refractivity contribution is 14.2. The van der Waals surface area contributed by atoms with Gasteiger partial charge in [-0.25, -0.2) is 0 Å². The van der Waals surface area contributed by atoms with E-state index in [1.54, 1.807) is 6.07 Å². The summed E-state index contributed by atoms with van der Waals surface area (Å²) in [6, 6.07) is 1.62. The van der Waals surface area contributed by atoms with Crippen LogP contribution in [0.1, 0.15) is 31.9 Å². The maximum atomic E-state index is 11.2. The first-order chi connectivity index (χ1) is 10.0.